The second-order valence-electron chi connectivity index (χ2n) is 3.77. The summed E-state index contributed by atoms with van der Waals surface area (Å²) in [6, 6.07) is 7.01. The van der Waals surface area contributed by atoms with Crippen LogP contribution < -0.4 is 0 Å². The molecule has 0 amide bonds. The lowest BCUT2D eigenvalue weighted by Gasteiger charge is -2.02. The Balaban J connectivity index is 2.55. The Morgan fingerprint density at radius 1 is 1.21 bits per heavy atom. The van der Waals surface area contributed by atoms with Gasteiger partial charge < -0.3 is 4.74 Å². The van der Waals surface area contributed by atoms with E-state index in [1.807, 2.05) is 0 Å². The van der Waals surface area contributed by atoms with Crippen molar-refractivity contribution in [3.63, 3.8) is 0 Å². The van der Waals surface area contributed by atoms with Gasteiger partial charge >= 0.3 is 5.97 Å². The van der Waals surface area contributed by atoms with Crippen molar-refractivity contribution in [3.05, 3.63) is 35.4 Å². The topological polar surface area (TPSA) is 43.4 Å². The van der Waals surface area contributed by atoms with Crippen LogP contribution in [0.4, 0.5) is 0 Å². The minimum atomic E-state index is -0.341. The molecule has 0 atom stereocenters. The van der Waals surface area contributed by atoms with Crippen LogP contribution in [0, 0.1) is 11.8 Å². The van der Waals surface area contributed by atoms with Crippen LogP contribution in [0.2, 0.25) is 0 Å². The second-order valence-corrected chi connectivity index (χ2v) is 4.08. The Bertz CT molecular complexity index is 494. The van der Waals surface area contributed by atoms with E-state index in [1.165, 1.54) is 0 Å². The van der Waals surface area contributed by atoms with Crippen molar-refractivity contribution in [3.8, 4) is 11.8 Å². The van der Waals surface area contributed by atoms with Crippen LogP contribution >= 0.6 is 12.6 Å². The van der Waals surface area contributed by atoms with Gasteiger partial charge in [-0.1, -0.05) is 24.0 Å². The Hall–Kier alpha value is -1.73. The quantitative estimate of drug-likeness (QED) is 0.389. The summed E-state index contributed by atoms with van der Waals surface area (Å²) in [4.78, 5) is 23.0. The predicted molar refractivity (Wildman–Crippen MR) is 77.4 cm³/mol. The van der Waals surface area contributed by atoms with Gasteiger partial charge in [-0.3, -0.25) is 9.59 Å². The minimum absolute atomic E-state index is 0.0678. The van der Waals surface area contributed by atoms with Gasteiger partial charge in [-0.05, 0) is 19.1 Å². The van der Waals surface area contributed by atoms with Crippen molar-refractivity contribution in [1.82, 2.24) is 0 Å². The van der Waals surface area contributed by atoms with Crippen LogP contribution in [0.25, 0.3) is 0 Å². The summed E-state index contributed by atoms with van der Waals surface area (Å²) in [5.74, 6) is 5.84. The number of ketones is 1. The summed E-state index contributed by atoms with van der Waals surface area (Å²) in [6.07, 6.45) is 0.286. The number of ether oxygens (including phenoxy) is 1. The average Bonchev–Trinajstić information content (AvgIpc) is 2.43. The number of hydrogen-bond acceptors (Lipinski definition) is 4. The molecule has 0 unspecified atom stereocenters. The van der Waals surface area contributed by atoms with Crippen LogP contribution in [0.15, 0.2) is 24.3 Å². The van der Waals surface area contributed by atoms with Gasteiger partial charge in [0.2, 0.25) is 0 Å². The number of esters is 1. The number of thiol groups is 1. The molecule has 0 bridgehead atoms. The molecular weight excluding hydrogens is 260 g/mol. The zero-order chi connectivity index (χ0) is 14.1. The molecule has 19 heavy (non-hydrogen) atoms. The minimum Gasteiger partial charge on any atom is -0.466 e. The molecule has 1 aromatic carbocycles. The molecule has 0 aliphatic rings. The molecule has 0 saturated carbocycles. The molecule has 1 rings (SSSR count). The molecule has 3 nitrogen and oxygen atoms in total. The van der Waals surface area contributed by atoms with E-state index in [1.54, 1.807) is 31.2 Å². The second kappa shape index (κ2) is 8.39. The number of carbonyl (C=O) groups excluding carboxylic acids is 2. The highest BCUT2D eigenvalue weighted by Crippen LogP contribution is 2.08. The summed E-state index contributed by atoms with van der Waals surface area (Å²) < 4.78 is 4.77. The maximum absolute atomic E-state index is 11.8. The first-order valence-electron chi connectivity index (χ1n) is 6.06. The van der Waals surface area contributed by atoms with Crippen molar-refractivity contribution < 1.29 is 14.3 Å². The van der Waals surface area contributed by atoms with E-state index >= 15 is 0 Å². The number of hydrogen-bond donors (Lipinski definition) is 1. The van der Waals surface area contributed by atoms with Crippen LogP contribution in [0.3, 0.4) is 0 Å². The van der Waals surface area contributed by atoms with Crippen LogP contribution in [0.5, 0.6) is 0 Å². The molecular formula is C15H16O3S. The van der Waals surface area contributed by atoms with E-state index in [4.69, 9.17) is 4.74 Å². The highest BCUT2D eigenvalue weighted by molar-refractivity contribution is 7.80. The van der Waals surface area contributed by atoms with Crippen molar-refractivity contribution in [1.29, 1.82) is 0 Å². The third-order valence-electron chi connectivity index (χ3n) is 2.38. The molecule has 0 spiro atoms. The SMILES string of the molecule is CCOC(=O)CCC(=O)c1ccc(C#CCS)cc1. The number of Topliss-reactive ketones (excluding diaryl/α,β-unsaturated/α-hetero) is 1. The van der Waals surface area contributed by atoms with Gasteiger partial charge in [0, 0.05) is 17.5 Å². The first-order chi connectivity index (χ1) is 9.17. The molecule has 0 aliphatic carbocycles. The largest absolute Gasteiger partial charge is 0.466 e. The number of benzene rings is 1. The fourth-order valence-corrected chi connectivity index (χ4v) is 1.55. The van der Waals surface area contributed by atoms with E-state index in [-0.39, 0.29) is 24.6 Å². The van der Waals surface area contributed by atoms with Crippen molar-refractivity contribution in [2.75, 3.05) is 12.4 Å². The lowest BCUT2D eigenvalue weighted by atomic mass is 10.0. The first-order valence-corrected chi connectivity index (χ1v) is 6.69. The maximum Gasteiger partial charge on any atom is 0.306 e. The molecule has 0 radical (unpaired) electrons. The summed E-state index contributed by atoms with van der Waals surface area (Å²) in [7, 11) is 0. The van der Waals surface area contributed by atoms with E-state index < -0.39 is 0 Å². The Morgan fingerprint density at radius 2 is 1.89 bits per heavy atom. The summed E-state index contributed by atoms with van der Waals surface area (Å²) in [5, 5.41) is 0. The standard InChI is InChI=1S/C15H16O3S/c1-2-18-15(17)10-9-14(16)13-7-5-12(6-8-13)4-3-11-19/h5-8,19H,2,9-11H2,1H3. The van der Waals surface area contributed by atoms with Gasteiger partial charge in [0.1, 0.15) is 0 Å². The molecule has 1 aromatic rings. The van der Waals surface area contributed by atoms with E-state index in [0.29, 0.717) is 17.9 Å². The molecule has 100 valence electrons. The maximum atomic E-state index is 11.8. The van der Waals surface area contributed by atoms with Gasteiger partial charge in [-0.25, -0.2) is 0 Å². The van der Waals surface area contributed by atoms with Crippen LogP contribution in [-0.2, 0) is 9.53 Å². The summed E-state index contributed by atoms with van der Waals surface area (Å²) >= 11 is 4.00. The van der Waals surface area contributed by atoms with Crippen molar-refractivity contribution in [2.45, 2.75) is 19.8 Å². The van der Waals surface area contributed by atoms with E-state index in [0.717, 1.165) is 5.56 Å². The van der Waals surface area contributed by atoms with E-state index in [2.05, 4.69) is 24.5 Å². The average molecular weight is 276 g/mol. The van der Waals surface area contributed by atoms with Gasteiger partial charge in [0.05, 0.1) is 18.8 Å². The molecule has 0 saturated heterocycles. The lowest BCUT2D eigenvalue weighted by molar-refractivity contribution is -0.143. The van der Waals surface area contributed by atoms with Gasteiger partial charge in [-0.15, -0.1) is 0 Å². The fourth-order valence-electron chi connectivity index (χ4n) is 1.47. The van der Waals surface area contributed by atoms with Gasteiger partial charge in [0.15, 0.2) is 5.78 Å². The fraction of sp³-hybridized carbons (Fsp3) is 0.333. The van der Waals surface area contributed by atoms with Gasteiger partial charge in [-0.2, -0.15) is 12.6 Å². The summed E-state index contributed by atoms with van der Waals surface area (Å²) in [6.45, 7) is 2.08. The first kappa shape index (κ1) is 15.3. The third-order valence-corrected chi connectivity index (χ3v) is 2.54. The zero-order valence-corrected chi connectivity index (χ0v) is 11.7. The van der Waals surface area contributed by atoms with Crippen LogP contribution in [-0.4, -0.2) is 24.1 Å². The highest BCUT2D eigenvalue weighted by Gasteiger charge is 2.09. The van der Waals surface area contributed by atoms with Crippen LogP contribution in [0.1, 0.15) is 35.7 Å². The molecule has 0 heterocycles. The van der Waals surface area contributed by atoms with E-state index in [9.17, 15) is 9.59 Å². The molecule has 0 aliphatic heterocycles. The normalized spacial score (nSPS) is 9.37. The smallest absolute Gasteiger partial charge is 0.306 e. The zero-order valence-electron chi connectivity index (χ0n) is 10.8. The van der Waals surface area contributed by atoms with Crippen molar-refractivity contribution >= 4 is 24.4 Å². The molecule has 4 heteroatoms. The lowest BCUT2D eigenvalue weighted by Crippen LogP contribution is -2.07. The summed E-state index contributed by atoms with van der Waals surface area (Å²) in [5.41, 5.74) is 1.43. The third kappa shape index (κ3) is 5.62. The molecule has 0 fully saturated rings. The van der Waals surface area contributed by atoms with Gasteiger partial charge in [0.25, 0.3) is 0 Å². The predicted octanol–water partition coefficient (Wildman–Crippen LogP) is 2.49. The molecule has 0 aromatic heterocycles. The van der Waals surface area contributed by atoms with Crippen molar-refractivity contribution in [2.24, 2.45) is 0 Å². The molecule has 0 N–H and O–H groups in total. The Kier molecular flexibility index (Phi) is 6.76. The Morgan fingerprint density at radius 3 is 2.47 bits per heavy atom. The Labute approximate surface area is 118 Å². The highest BCUT2D eigenvalue weighted by atomic mass is 32.1. The monoisotopic (exact) mass is 276 g/mol. The number of carbonyl (C=O) groups is 2. The number of rotatable bonds is 5.